The molecule has 2 spiro atoms. The van der Waals surface area contributed by atoms with E-state index in [0.29, 0.717) is 56.8 Å². The number of nitrogens with zero attached hydrogens (tertiary/aromatic N) is 2. The average molecular weight is 422 g/mol. The second-order valence-corrected chi connectivity index (χ2v) is 10.4. The molecule has 0 radical (unpaired) electrons. The normalized spacial score (nSPS) is 26.8. The van der Waals surface area contributed by atoms with Crippen molar-refractivity contribution in [3.63, 3.8) is 0 Å². The number of carbonyl (C=O) groups excluding carboxylic acids is 2. The zero-order chi connectivity index (χ0) is 20.9. The van der Waals surface area contributed by atoms with Crippen LogP contribution in [-0.4, -0.2) is 75.5 Å². The third-order valence-electron chi connectivity index (χ3n) is 7.03. The lowest BCUT2D eigenvalue weighted by Crippen LogP contribution is -2.53. The van der Waals surface area contributed by atoms with Gasteiger partial charge >= 0.3 is 0 Å². The Bertz CT molecular complexity index is 922. The molecule has 3 heterocycles. The van der Waals surface area contributed by atoms with Gasteiger partial charge in [0.1, 0.15) is 5.75 Å². The highest BCUT2D eigenvalue weighted by Gasteiger charge is 2.65. The molecule has 2 amide bonds. The number of methoxy groups -OCH3 is 1. The first-order valence-corrected chi connectivity index (χ1v) is 11.7. The number of nitrogens with one attached hydrogen (secondary N) is 1. The van der Waals surface area contributed by atoms with Crippen LogP contribution in [0.25, 0.3) is 0 Å². The van der Waals surface area contributed by atoms with Gasteiger partial charge in [-0.25, -0.2) is 12.7 Å². The molecule has 3 aliphatic heterocycles. The van der Waals surface area contributed by atoms with Crippen molar-refractivity contribution >= 4 is 21.8 Å². The predicted molar refractivity (Wildman–Crippen MR) is 107 cm³/mol. The molecule has 0 aromatic heterocycles. The lowest BCUT2D eigenvalue weighted by molar-refractivity contribution is -0.133. The summed E-state index contributed by atoms with van der Waals surface area (Å²) in [5.74, 6) is 0.601. The van der Waals surface area contributed by atoms with Gasteiger partial charge in [0, 0.05) is 43.7 Å². The third-order valence-corrected chi connectivity index (χ3v) is 8.22. The molecule has 0 bridgehead atoms. The van der Waals surface area contributed by atoms with Crippen molar-refractivity contribution < 1.29 is 22.7 Å². The van der Waals surface area contributed by atoms with Gasteiger partial charge in [-0.05, 0) is 43.5 Å². The second kappa shape index (κ2) is 6.98. The molecule has 0 saturated carbocycles. The maximum absolute atomic E-state index is 12.9. The van der Waals surface area contributed by atoms with Gasteiger partial charge in [-0.3, -0.25) is 9.59 Å². The number of fused-ring (bicyclic) bond motifs is 1. The number of ether oxygens (including phenoxy) is 1. The van der Waals surface area contributed by atoms with Gasteiger partial charge in [-0.15, -0.1) is 0 Å². The van der Waals surface area contributed by atoms with Gasteiger partial charge in [0.05, 0.1) is 18.8 Å². The SMILES string of the molecule is COc1ccc(C(=O)N2CCC3(CC2)CN(S(C)(=O)=O)CC32CCNC2=O)cc1. The molecule has 1 unspecified atom stereocenters. The van der Waals surface area contributed by atoms with Crippen molar-refractivity contribution in [2.75, 3.05) is 46.1 Å². The number of sulfonamides is 1. The smallest absolute Gasteiger partial charge is 0.253 e. The summed E-state index contributed by atoms with van der Waals surface area (Å²) in [5.41, 5.74) is -0.516. The number of rotatable bonds is 3. The van der Waals surface area contributed by atoms with Crippen LogP contribution >= 0.6 is 0 Å². The van der Waals surface area contributed by atoms with Crippen LogP contribution in [0.4, 0.5) is 0 Å². The van der Waals surface area contributed by atoms with Gasteiger partial charge in [-0.2, -0.15) is 0 Å². The van der Waals surface area contributed by atoms with E-state index in [0.717, 1.165) is 0 Å². The molecule has 4 rings (SSSR count). The first-order chi connectivity index (χ1) is 13.7. The molecule has 3 fully saturated rings. The first kappa shape index (κ1) is 20.2. The fourth-order valence-corrected chi connectivity index (χ4v) is 6.20. The Hall–Kier alpha value is -2.13. The fraction of sp³-hybridized carbons (Fsp3) is 0.600. The molecule has 29 heavy (non-hydrogen) atoms. The van der Waals surface area contributed by atoms with Crippen LogP contribution in [0.1, 0.15) is 29.6 Å². The maximum Gasteiger partial charge on any atom is 0.253 e. The monoisotopic (exact) mass is 421 g/mol. The van der Waals surface area contributed by atoms with Gasteiger partial charge in [0.15, 0.2) is 0 Å². The van der Waals surface area contributed by atoms with E-state index in [1.807, 2.05) is 0 Å². The van der Waals surface area contributed by atoms with E-state index in [2.05, 4.69) is 5.32 Å². The summed E-state index contributed by atoms with van der Waals surface area (Å²) in [6.45, 7) is 2.19. The summed E-state index contributed by atoms with van der Waals surface area (Å²) < 4.78 is 31.1. The lowest BCUT2D eigenvalue weighted by Gasteiger charge is -2.46. The minimum absolute atomic E-state index is 0.0430. The van der Waals surface area contributed by atoms with Crippen molar-refractivity contribution in [2.45, 2.75) is 19.3 Å². The second-order valence-electron chi connectivity index (χ2n) is 8.42. The molecule has 158 valence electrons. The number of likely N-dealkylation sites (tertiary alicyclic amines) is 1. The molecule has 3 aliphatic rings. The molecule has 1 atom stereocenters. The Labute approximate surface area is 171 Å². The highest BCUT2D eigenvalue weighted by atomic mass is 32.2. The molecule has 1 aromatic carbocycles. The summed E-state index contributed by atoms with van der Waals surface area (Å²) in [6, 6.07) is 7.02. The number of amides is 2. The van der Waals surface area contributed by atoms with Crippen LogP contribution in [0.5, 0.6) is 5.75 Å². The standard InChI is InChI=1S/C20H27N3O5S/c1-28-16-5-3-15(4-6-16)17(24)22-11-8-19(9-12-22)13-23(29(2,26)27)14-20(19)7-10-21-18(20)25/h3-6H,7-14H2,1-2H3,(H,21,25). The highest BCUT2D eigenvalue weighted by Crippen LogP contribution is 2.56. The van der Waals surface area contributed by atoms with Gasteiger partial charge in [0.25, 0.3) is 5.91 Å². The minimum Gasteiger partial charge on any atom is -0.497 e. The van der Waals surface area contributed by atoms with E-state index < -0.39 is 20.9 Å². The molecular weight excluding hydrogens is 394 g/mol. The first-order valence-electron chi connectivity index (χ1n) is 9.88. The quantitative estimate of drug-likeness (QED) is 0.775. The van der Waals surface area contributed by atoms with Crippen LogP contribution in [-0.2, 0) is 14.8 Å². The van der Waals surface area contributed by atoms with Crippen molar-refractivity contribution in [3.8, 4) is 5.75 Å². The molecule has 1 aromatic rings. The number of hydrogen-bond donors (Lipinski definition) is 1. The average Bonchev–Trinajstić information content (AvgIpc) is 3.24. The molecule has 8 nitrogen and oxygen atoms in total. The molecular formula is C20H27N3O5S. The number of piperidine rings is 1. The van der Waals surface area contributed by atoms with E-state index >= 15 is 0 Å². The Kier molecular flexibility index (Phi) is 4.85. The van der Waals surface area contributed by atoms with Gasteiger partial charge in [-0.1, -0.05) is 0 Å². The predicted octanol–water partition coefficient (Wildman–Crippen LogP) is 0.699. The largest absolute Gasteiger partial charge is 0.497 e. The van der Waals surface area contributed by atoms with Crippen molar-refractivity contribution in [3.05, 3.63) is 29.8 Å². The van der Waals surface area contributed by atoms with Crippen molar-refractivity contribution in [2.24, 2.45) is 10.8 Å². The molecule has 3 saturated heterocycles. The Morgan fingerprint density at radius 1 is 1.10 bits per heavy atom. The van der Waals surface area contributed by atoms with E-state index in [4.69, 9.17) is 4.74 Å². The fourth-order valence-electron chi connectivity index (χ4n) is 5.27. The Morgan fingerprint density at radius 3 is 2.28 bits per heavy atom. The highest BCUT2D eigenvalue weighted by molar-refractivity contribution is 7.88. The summed E-state index contributed by atoms with van der Waals surface area (Å²) in [4.78, 5) is 27.5. The summed E-state index contributed by atoms with van der Waals surface area (Å²) in [5, 5.41) is 2.91. The van der Waals surface area contributed by atoms with Crippen LogP contribution in [0.2, 0.25) is 0 Å². The number of carbonyl (C=O) groups is 2. The third kappa shape index (κ3) is 3.20. The van der Waals surface area contributed by atoms with E-state index in [-0.39, 0.29) is 18.4 Å². The lowest BCUT2D eigenvalue weighted by atomic mass is 9.60. The van der Waals surface area contributed by atoms with Crippen LogP contribution in [0.3, 0.4) is 0 Å². The number of hydrogen-bond acceptors (Lipinski definition) is 5. The van der Waals surface area contributed by atoms with E-state index in [1.54, 1.807) is 36.3 Å². The Balaban J connectivity index is 1.54. The maximum atomic E-state index is 12.9. The molecule has 1 N–H and O–H groups in total. The van der Waals surface area contributed by atoms with E-state index in [9.17, 15) is 18.0 Å². The van der Waals surface area contributed by atoms with Gasteiger partial charge < -0.3 is 15.0 Å². The topological polar surface area (TPSA) is 96.0 Å². The summed E-state index contributed by atoms with van der Waals surface area (Å²) in [6.07, 6.45) is 3.09. The van der Waals surface area contributed by atoms with E-state index in [1.165, 1.54) is 10.6 Å². The zero-order valence-corrected chi connectivity index (χ0v) is 17.6. The van der Waals surface area contributed by atoms with Crippen LogP contribution in [0, 0.1) is 10.8 Å². The number of benzene rings is 1. The molecule has 9 heteroatoms. The van der Waals surface area contributed by atoms with Gasteiger partial charge in [0.2, 0.25) is 15.9 Å². The summed E-state index contributed by atoms with van der Waals surface area (Å²) in [7, 11) is -1.80. The van der Waals surface area contributed by atoms with Crippen LogP contribution < -0.4 is 10.1 Å². The minimum atomic E-state index is -3.38. The van der Waals surface area contributed by atoms with Crippen LogP contribution in [0.15, 0.2) is 24.3 Å². The summed E-state index contributed by atoms with van der Waals surface area (Å²) >= 11 is 0. The molecule has 0 aliphatic carbocycles. The Morgan fingerprint density at radius 2 is 1.76 bits per heavy atom. The van der Waals surface area contributed by atoms with Crippen molar-refractivity contribution in [1.29, 1.82) is 0 Å². The zero-order valence-electron chi connectivity index (χ0n) is 16.8. The van der Waals surface area contributed by atoms with Crippen molar-refractivity contribution in [1.82, 2.24) is 14.5 Å².